The van der Waals surface area contributed by atoms with Crippen molar-refractivity contribution in [1.82, 2.24) is 9.78 Å². The molecule has 1 aromatic heterocycles. The fourth-order valence-electron chi connectivity index (χ4n) is 0.969. The van der Waals surface area contributed by atoms with Gasteiger partial charge in [0.25, 0.3) is 0 Å². The molecule has 8 heteroatoms. The number of rotatable bonds is 6. The zero-order valence-electron chi connectivity index (χ0n) is 7.93. The second kappa shape index (κ2) is 5.64. The van der Waals surface area contributed by atoms with E-state index in [-0.39, 0.29) is 10.8 Å². The first kappa shape index (κ1) is 11.9. The highest BCUT2D eigenvalue weighted by Crippen LogP contribution is 2.20. The van der Waals surface area contributed by atoms with Crippen molar-refractivity contribution in [2.45, 2.75) is 6.54 Å². The molecule has 0 aromatic carbocycles. The molecule has 0 saturated carbocycles. The maximum Gasteiger partial charge on any atom is 0.408 e. The number of nitro groups is 1. The predicted molar refractivity (Wildman–Crippen MR) is 53.8 cm³/mol. The van der Waals surface area contributed by atoms with Crippen LogP contribution in [0.15, 0.2) is 6.20 Å². The third kappa shape index (κ3) is 3.46. The van der Waals surface area contributed by atoms with E-state index in [0.717, 1.165) is 0 Å². The van der Waals surface area contributed by atoms with Crippen molar-refractivity contribution >= 4 is 17.4 Å². The highest BCUT2D eigenvalue weighted by Gasteiger charge is 2.18. The molecule has 1 rings (SSSR count). The molecular formula is C7H11ClN4O3. The lowest BCUT2D eigenvalue weighted by Gasteiger charge is -1.99. The lowest BCUT2D eigenvalue weighted by atomic mass is 10.6. The van der Waals surface area contributed by atoms with Gasteiger partial charge in [0.15, 0.2) is 5.02 Å². The third-order valence-electron chi connectivity index (χ3n) is 1.60. The predicted octanol–water partition coefficient (Wildman–Crippen LogP) is 0.420. The van der Waals surface area contributed by atoms with Gasteiger partial charge in [-0.25, -0.2) is 0 Å². The zero-order chi connectivity index (χ0) is 11.3. The molecule has 0 aliphatic carbocycles. The normalized spacial score (nSPS) is 10.5. The first-order valence-electron chi connectivity index (χ1n) is 4.30. The average molecular weight is 235 g/mol. The summed E-state index contributed by atoms with van der Waals surface area (Å²) < 4.78 is 6.47. The Balaban J connectivity index is 2.48. The molecule has 0 aliphatic rings. The summed E-state index contributed by atoms with van der Waals surface area (Å²) in [6.45, 7) is 1.71. The van der Waals surface area contributed by atoms with Crippen LogP contribution in [0.4, 0.5) is 5.82 Å². The van der Waals surface area contributed by atoms with Gasteiger partial charge in [-0.3, -0.25) is 0 Å². The largest absolute Gasteiger partial charge is 0.408 e. The lowest BCUT2D eigenvalue weighted by Crippen LogP contribution is -2.12. The summed E-state index contributed by atoms with van der Waals surface area (Å²) in [5.41, 5.74) is 5.22. The maximum atomic E-state index is 10.4. The molecule has 0 aliphatic heterocycles. The molecular weight excluding hydrogens is 224 g/mol. The quantitative estimate of drug-likeness (QED) is 0.437. The van der Waals surface area contributed by atoms with Gasteiger partial charge < -0.3 is 20.6 Å². The number of nitrogens with zero attached hydrogens (tertiary/aromatic N) is 3. The van der Waals surface area contributed by atoms with Crippen molar-refractivity contribution < 1.29 is 9.66 Å². The summed E-state index contributed by atoms with van der Waals surface area (Å²) >= 11 is 5.59. The first-order chi connectivity index (χ1) is 7.15. The van der Waals surface area contributed by atoms with Crippen LogP contribution in [0.1, 0.15) is 0 Å². The molecule has 0 fully saturated rings. The fourth-order valence-corrected chi connectivity index (χ4v) is 1.19. The molecule has 1 heterocycles. The van der Waals surface area contributed by atoms with E-state index in [1.807, 2.05) is 0 Å². The number of ether oxygens (including phenoxy) is 1. The molecule has 1 aromatic rings. The Morgan fingerprint density at radius 2 is 2.40 bits per heavy atom. The molecule has 7 nitrogen and oxygen atoms in total. The minimum absolute atomic E-state index is 0.0267. The highest BCUT2D eigenvalue weighted by molar-refractivity contribution is 6.32. The Hall–Kier alpha value is -1.18. The molecule has 0 spiro atoms. The van der Waals surface area contributed by atoms with Crippen LogP contribution in [0.5, 0.6) is 0 Å². The first-order valence-corrected chi connectivity index (χ1v) is 4.68. The van der Waals surface area contributed by atoms with Crippen LogP contribution in [-0.4, -0.2) is 34.5 Å². The van der Waals surface area contributed by atoms with Crippen molar-refractivity contribution in [2.24, 2.45) is 5.73 Å². The van der Waals surface area contributed by atoms with Crippen LogP contribution in [0.25, 0.3) is 0 Å². The number of hydrogen-bond donors (Lipinski definition) is 1. The van der Waals surface area contributed by atoms with Gasteiger partial charge >= 0.3 is 5.82 Å². The van der Waals surface area contributed by atoms with E-state index >= 15 is 0 Å². The minimum Gasteiger partial charge on any atom is -0.378 e. The average Bonchev–Trinajstić information content (AvgIpc) is 2.55. The van der Waals surface area contributed by atoms with Crippen molar-refractivity contribution in [2.75, 3.05) is 19.8 Å². The molecule has 84 valence electrons. The zero-order valence-corrected chi connectivity index (χ0v) is 8.68. The third-order valence-corrected chi connectivity index (χ3v) is 1.87. The van der Waals surface area contributed by atoms with Gasteiger partial charge in [-0.05, 0) is 4.92 Å². The van der Waals surface area contributed by atoms with Crippen LogP contribution >= 0.6 is 11.6 Å². The molecule has 0 saturated heterocycles. The lowest BCUT2D eigenvalue weighted by molar-refractivity contribution is -0.389. The summed E-state index contributed by atoms with van der Waals surface area (Å²) in [4.78, 5) is 9.78. The summed E-state index contributed by atoms with van der Waals surface area (Å²) in [7, 11) is 0. The van der Waals surface area contributed by atoms with E-state index in [2.05, 4.69) is 5.10 Å². The van der Waals surface area contributed by atoms with E-state index in [1.165, 1.54) is 10.9 Å². The molecule has 0 amide bonds. The molecule has 15 heavy (non-hydrogen) atoms. The van der Waals surface area contributed by atoms with Crippen molar-refractivity contribution in [3.63, 3.8) is 0 Å². The monoisotopic (exact) mass is 234 g/mol. The topological polar surface area (TPSA) is 96.2 Å². The fraction of sp³-hybridized carbons (Fsp3) is 0.571. The van der Waals surface area contributed by atoms with Gasteiger partial charge in [0.2, 0.25) is 0 Å². The molecule has 0 atom stereocenters. The molecule has 0 unspecified atom stereocenters. The van der Waals surface area contributed by atoms with Gasteiger partial charge in [-0.1, -0.05) is 11.6 Å². The van der Waals surface area contributed by atoms with Gasteiger partial charge in [0.05, 0.1) is 31.1 Å². The Morgan fingerprint density at radius 1 is 1.67 bits per heavy atom. The van der Waals surface area contributed by atoms with Gasteiger partial charge in [0.1, 0.15) is 0 Å². The smallest absolute Gasteiger partial charge is 0.378 e. The standard InChI is InChI=1S/C7H11ClN4O3/c8-6-5-11(2-4-15-3-1-9)10-7(6)12(13)14/h5H,1-4,9H2. The molecule has 0 radical (unpaired) electrons. The number of hydrogen-bond acceptors (Lipinski definition) is 5. The number of halogens is 1. The SMILES string of the molecule is NCCOCCn1cc(Cl)c([N+](=O)[O-])n1. The van der Waals surface area contributed by atoms with Crippen LogP contribution in [0.2, 0.25) is 5.02 Å². The summed E-state index contributed by atoms with van der Waals surface area (Å²) in [6, 6.07) is 0. The number of nitrogens with two attached hydrogens (primary N) is 1. The van der Waals surface area contributed by atoms with Crippen molar-refractivity contribution in [1.29, 1.82) is 0 Å². The summed E-state index contributed by atoms with van der Waals surface area (Å²) in [5, 5.41) is 14.1. The maximum absolute atomic E-state index is 10.4. The second-order valence-corrected chi connectivity index (χ2v) is 3.13. The van der Waals surface area contributed by atoms with Crippen molar-refractivity contribution in [3.8, 4) is 0 Å². The highest BCUT2D eigenvalue weighted by atomic mass is 35.5. The Bertz CT molecular complexity index is 341. The Morgan fingerprint density at radius 3 is 2.93 bits per heavy atom. The van der Waals surface area contributed by atoms with Crippen molar-refractivity contribution in [3.05, 3.63) is 21.3 Å². The van der Waals surface area contributed by atoms with Crippen LogP contribution in [0, 0.1) is 10.1 Å². The molecule has 2 N–H and O–H groups in total. The second-order valence-electron chi connectivity index (χ2n) is 2.72. The summed E-state index contributed by atoms with van der Waals surface area (Å²) in [5.74, 6) is -0.338. The Labute approximate surface area is 90.9 Å². The van der Waals surface area contributed by atoms with Crippen LogP contribution in [-0.2, 0) is 11.3 Å². The number of aromatic nitrogens is 2. The van der Waals surface area contributed by atoms with E-state index in [4.69, 9.17) is 22.1 Å². The van der Waals surface area contributed by atoms with Crippen LogP contribution in [0.3, 0.4) is 0 Å². The van der Waals surface area contributed by atoms with Crippen LogP contribution < -0.4 is 5.73 Å². The van der Waals surface area contributed by atoms with E-state index < -0.39 is 4.92 Å². The van der Waals surface area contributed by atoms with E-state index in [9.17, 15) is 10.1 Å². The van der Waals surface area contributed by atoms with Gasteiger partial charge in [-0.2, -0.15) is 4.68 Å². The van der Waals surface area contributed by atoms with E-state index in [0.29, 0.717) is 26.3 Å². The molecule has 0 bridgehead atoms. The summed E-state index contributed by atoms with van der Waals surface area (Å²) in [6.07, 6.45) is 1.39. The Kier molecular flexibility index (Phi) is 4.47. The van der Waals surface area contributed by atoms with Gasteiger partial charge in [0, 0.05) is 6.54 Å². The minimum atomic E-state index is -0.625. The van der Waals surface area contributed by atoms with Gasteiger partial charge in [-0.15, -0.1) is 0 Å². The van der Waals surface area contributed by atoms with E-state index in [1.54, 1.807) is 0 Å².